The molecule has 2 aromatic carbocycles. The third-order valence-electron chi connectivity index (χ3n) is 4.36. The fourth-order valence-electron chi connectivity index (χ4n) is 3.06. The van der Waals surface area contributed by atoms with E-state index in [0.717, 1.165) is 11.4 Å². The van der Waals surface area contributed by atoms with Gasteiger partial charge in [-0.05, 0) is 51.1 Å². The van der Waals surface area contributed by atoms with Crippen molar-refractivity contribution in [1.29, 1.82) is 0 Å². The lowest BCUT2D eigenvalue weighted by Crippen LogP contribution is -2.32. The van der Waals surface area contributed by atoms with Crippen LogP contribution in [0.5, 0.6) is 0 Å². The highest BCUT2D eigenvalue weighted by Gasteiger charge is 2.24. The summed E-state index contributed by atoms with van der Waals surface area (Å²) in [6.45, 7) is 6.18. The average molecular weight is 377 g/mol. The molecule has 0 unspecified atom stereocenters. The highest BCUT2D eigenvalue weighted by atomic mass is 16.5. The van der Waals surface area contributed by atoms with Crippen LogP contribution in [-0.4, -0.2) is 34.8 Å². The van der Waals surface area contributed by atoms with Crippen molar-refractivity contribution in [1.82, 2.24) is 9.78 Å². The predicted octanol–water partition coefficient (Wildman–Crippen LogP) is 4.02. The van der Waals surface area contributed by atoms with Crippen molar-refractivity contribution in [3.63, 3.8) is 0 Å². The van der Waals surface area contributed by atoms with E-state index in [4.69, 9.17) is 4.74 Å². The molecule has 6 nitrogen and oxygen atoms in total. The maximum atomic E-state index is 13.2. The molecule has 0 fully saturated rings. The van der Waals surface area contributed by atoms with Crippen LogP contribution in [0.25, 0.3) is 5.69 Å². The van der Waals surface area contributed by atoms with E-state index in [1.54, 1.807) is 46.8 Å². The number of carbonyl (C=O) groups excluding carboxylic acids is 2. The van der Waals surface area contributed by atoms with E-state index < -0.39 is 5.97 Å². The number of carbonyl (C=O) groups is 2. The van der Waals surface area contributed by atoms with Gasteiger partial charge in [0.05, 0.1) is 23.5 Å². The number of para-hydroxylation sites is 2. The van der Waals surface area contributed by atoms with Crippen molar-refractivity contribution in [3.05, 3.63) is 77.6 Å². The molecule has 1 aromatic heterocycles. The quantitative estimate of drug-likeness (QED) is 0.609. The first kappa shape index (κ1) is 19.4. The minimum atomic E-state index is -0.449. The normalized spacial score (nSPS) is 10.5. The van der Waals surface area contributed by atoms with E-state index >= 15 is 0 Å². The van der Waals surface area contributed by atoms with Crippen molar-refractivity contribution < 1.29 is 14.3 Å². The number of ether oxygens (including phenoxy) is 1. The highest BCUT2D eigenvalue weighted by Crippen LogP contribution is 2.24. The van der Waals surface area contributed by atoms with Crippen molar-refractivity contribution in [2.24, 2.45) is 0 Å². The maximum Gasteiger partial charge on any atom is 0.340 e. The van der Waals surface area contributed by atoms with Crippen LogP contribution in [0.1, 0.15) is 40.4 Å². The van der Waals surface area contributed by atoms with Crippen LogP contribution in [-0.2, 0) is 4.74 Å². The van der Waals surface area contributed by atoms with Gasteiger partial charge in [0.1, 0.15) is 0 Å². The molecule has 1 amide bonds. The zero-order valence-electron chi connectivity index (χ0n) is 16.3. The summed E-state index contributed by atoms with van der Waals surface area (Å²) < 4.78 is 6.87. The lowest BCUT2D eigenvalue weighted by molar-refractivity contribution is 0.0527. The van der Waals surface area contributed by atoms with Gasteiger partial charge in [0, 0.05) is 12.2 Å². The predicted molar refractivity (Wildman–Crippen MR) is 108 cm³/mol. The van der Waals surface area contributed by atoms with Gasteiger partial charge < -0.3 is 9.64 Å². The average Bonchev–Trinajstić information content (AvgIpc) is 3.11. The van der Waals surface area contributed by atoms with Gasteiger partial charge in [0.25, 0.3) is 5.91 Å². The molecule has 0 radical (unpaired) electrons. The number of aromatic nitrogens is 2. The Balaban J connectivity index is 1.97. The first-order chi connectivity index (χ1) is 13.6. The molecule has 0 spiro atoms. The summed E-state index contributed by atoms with van der Waals surface area (Å²) in [5, 5.41) is 4.49. The summed E-state index contributed by atoms with van der Waals surface area (Å²) in [7, 11) is 0. The molecule has 0 aliphatic carbocycles. The molecule has 0 aliphatic rings. The molecule has 6 heteroatoms. The number of esters is 1. The minimum absolute atomic E-state index is 0.267. The molecule has 0 saturated carbocycles. The molecule has 0 bridgehead atoms. The molecular formula is C22H23N3O3. The lowest BCUT2D eigenvalue weighted by atomic mass is 10.1. The Morgan fingerprint density at radius 2 is 1.71 bits per heavy atom. The van der Waals surface area contributed by atoms with Gasteiger partial charge in [-0.25, -0.2) is 9.48 Å². The van der Waals surface area contributed by atoms with Crippen LogP contribution in [0.3, 0.4) is 0 Å². The number of nitrogens with zero attached hydrogens (tertiary/aromatic N) is 3. The number of aryl methyl sites for hydroxylation is 1. The third kappa shape index (κ3) is 3.81. The summed E-state index contributed by atoms with van der Waals surface area (Å²) in [5.41, 5.74) is 2.93. The van der Waals surface area contributed by atoms with Gasteiger partial charge in [0.15, 0.2) is 5.69 Å². The van der Waals surface area contributed by atoms with Crippen molar-refractivity contribution in [2.75, 3.05) is 18.1 Å². The van der Waals surface area contributed by atoms with Crippen LogP contribution < -0.4 is 4.90 Å². The maximum absolute atomic E-state index is 13.2. The topological polar surface area (TPSA) is 64.4 Å². The van der Waals surface area contributed by atoms with Crippen molar-refractivity contribution >= 4 is 17.6 Å². The highest BCUT2D eigenvalue weighted by molar-refractivity contribution is 6.08. The second kappa shape index (κ2) is 8.52. The molecule has 28 heavy (non-hydrogen) atoms. The van der Waals surface area contributed by atoms with E-state index in [2.05, 4.69) is 5.10 Å². The monoisotopic (exact) mass is 377 g/mol. The van der Waals surface area contributed by atoms with E-state index in [0.29, 0.717) is 23.5 Å². The van der Waals surface area contributed by atoms with E-state index in [1.807, 2.05) is 44.2 Å². The summed E-state index contributed by atoms with van der Waals surface area (Å²) in [4.78, 5) is 27.1. The molecule has 0 saturated heterocycles. The van der Waals surface area contributed by atoms with E-state index in [9.17, 15) is 9.59 Å². The number of amides is 1. The van der Waals surface area contributed by atoms with Crippen molar-refractivity contribution in [3.8, 4) is 5.69 Å². The van der Waals surface area contributed by atoms with Gasteiger partial charge in [-0.15, -0.1) is 0 Å². The summed E-state index contributed by atoms with van der Waals surface area (Å²) in [5.74, 6) is -0.715. The Morgan fingerprint density at radius 1 is 1.04 bits per heavy atom. The van der Waals surface area contributed by atoms with Crippen LogP contribution in [0.4, 0.5) is 5.69 Å². The third-order valence-corrected chi connectivity index (χ3v) is 4.36. The van der Waals surface area contributed by atoms with Crippen LogP contribution in [0.15, 0.2) is 60.7 Å². The van der Waals surface area contributed by atoms with Gasteiger partial charge in [0.2, 0.25) is 0 Å². The Hall–Kier alpha value is -3.41. The Bertz CT molecular complexity index is 980. The van der Waals surface area contributed by atoms with E-state index in [1.165, 1.54) is 0 Å². The molecule has 144 valence electrons. The number of anilines is 1. The molecule has 3 aromatic rings. The van der Waals surface area contributed by atoms with Gasteiger partial charge >= 0.3 is 5.97 Å². The minimum Gasteiger partial charge on any atom is -0.462 e. The second-order valence-electron chi connectivity index (χ2n) is 6.21. The summed E-state index contributed by atoms with van der Waals surface area (Å²) in [6.07, 6.45) is 0. The summed E-state index contributed by atoms with van der Waals surface area (Å²) in [6, 6.07) is 18.3. The smallest absolute Gasteiger partial charge is 0.340 e. The lowest BCUT2D eigenvalue weighted by Gasteiger charge is -2.22. The molecule has 0 atom stereocenters. The zero-order valence-corrected chi connectivity index (χ0v) is 16.3. The number of benzene rings is 2. The van der Waals surface area contributed by atoms with Crippen LogP contribution in [0, 0.1) is 6.92 Å². The van der Waals surface area contributed by atoms with Gasteiger partial charge in [-0.1, -0.05) is 30.3 Å². The van der Waals surface area contributed by atoms with Crippen LogP contribution >= 0.6 is 0 Å². The first-order valence-electron chi connectivity index (χ1n) is 9.26. The SMILES string of the molecule is CCOC(=O)c1ccccc1N(CC)C(=O)c1cc(C)n(-c2ccccc2)n1. The molecular weight excluding hydrogens is 354 g/mol. The second-order valence-corrected chi connectivity index (χ2v) is 6.21. The fourth-order valence-corrected chi connectivity index (χ4v) is 3.06. The van der Waals surface area contributed by atoms with Crippen LogP contribution in [0.2, 0.25) is 0 Å². The number of rotatable bonds is 6. The van der Waals surface area contributed by atoms with Gasteiger partial charge in [-0.2, -0.15) is 5.10 Å². The largest absolute Gasteiger partial charge is 0.462 e. The Morgan fingerprint density at radius 3 is 2.39 bits per heavy atom. The molecule has 3 rings (SSSR count). The standard InChI is InChI=1S/C22H23N3O3/c1-4-24(20-14-10-9-13-18(20)22(27)28-5-2)21(26)19-15-16(3)25(23-19)17-11-7-6-8-12-17/h6-15H,4-5H2,1-3H3. The van der Waals surface area contributed by atoms with E-state index in [-0.39, 0.29) is 12.5 Å². The zero-order chi connectivity index (χ0) is 20.1. The Labute approximate surface area is 164 Å². The first-order valence-corrected chi connectivity index (χ1v) is 9.26. The number of hydrogen-bond acceptors (Lipinski definition) is 4. The molecule has 0 N–H and O–H groups in total. The molecule has 1 heterocycles. The summed E-state index contributed by atoms with van der Waals surface area (Å²) >= 11 is 0. The fraction of sp³-hybridized carbons (Fsp3) is 0.227. The molecule has 0 aliphatic heterocycles. The van der Waals surface area contributed by atoms with Crippen molar-refractivity contribution in [2.45, 2.75) is 20.8 Å². The van der Waals surface area contributed by atoms with Gasteiger partial charge in [-0.3, -0.25) is 4.79 Å². The Kier molecular flexibility index (Phi) is 5.89. The number of hydrogen-bond donors (Lipinski definition) is 0.